The summed E-state index contributed by atoms with van der Waals surface area (Å²) in [5, 5.41) is 17.9. The van der Waals surface area contributed by atoms with Crippen LogP contribution in [0.25, 0.3) is 0 Å². The number of likely N-dealkylation sites (N-methyl/N-ethyl adjacent to an activating group) is 1. The number of carbonyl (C=O) groups is 1. The van der Waals surface area contributed by atoms with Crippen LogP contribution in [-0.4, -0.2) is 45.0 Å². The van der Waals surface area contributed by atoms with Gasteiger partial charge in [-0.05, 0) is 28.8 Å². The maximum Gasteiger partial charge on any atom is 0.222 e. The van der Waals surface area contributed by atoms with Crippen LogP contribution in [0.3, 0.4) is 0 Å². The minimum Gasteiger partial charge on any atom is -0.345 e. The Morgan fingerprint density at radius 3 is 3.05 bits per heavy atom. The monoisotopic (exact) mass is 279 g/mol. The van der Waals surface area contributed by atoms with Gasteiger partial charge in [0.15, 0.2) is 5.82 Å². The molecule has 0 saturated carbocycles. The Morgan fingerprint density at radius 1 is 1.58 bits per heavy atom. The number of hydrogen-bond donors (Lipinski definition) is 1. The summed E-state index contributed by atoms with van der Waals surface area (Å²) in [5.74, 6) is 0.855. The third-order valence-electron chi connectivity index (χ3n) is 2.98. The Hall–Kier alpha value is -1.76. The molecule has 2 aromatic rings. The number of H-pyrrole nitrogens is 1. The predicted octanol–water partition coefficient (Wildman–Crippen LogP) is 1.46. The van der Waals surface area contributed by atoms with E-state index in [0.29, 0.717) is 18.8 Å². The highest BCUT2D eigenvalue weighted by molar-refractivity contribution is 7.07. The Bertz CT molecular complexity index is 496. The van der Waals surface area contributed by atoms with E-state index in [0.717, 1.165) is 6.42 Å². The summed E-state index contributed by atoms with van der Waals surface area (Å²) in [7, 11) is 1.81. The number of thiophene rings is 1. The van der Waals surface area contributed by atoms with Gasteiger partial charge in [-0.25, -0.2) is 0 Å². The third kappa shape index (κ3) is 3.85. The van der Waals surface area contributed by atoms with Crippen LogP contribution in [0.2, 0.25) is 0 Å². The largest absolute Gasteiger partial charge is 0.345 e. The molecular weight excluding hydrogens is 262 g/mol. The van der Waals surface area contributed by atoms with Crippen LogP contribution in [0, 0.1) is 0 Å². The third-order valence-corrected chi connectivity index (χ3v) is 3.72. The zero-order chi connectivity index (χ0) is 13.7. The van der Waals surface area contributed by atoms with Gasteiger partial charge in [-0.1, -0.05) is 12.1 Å². The normalized spacial score (nSPS) is 12.3. The molecule has 0 fully saturated rings. The van der Waals surface area contributed by atoms with E-state index in [1.807, 2.05) is 19.4 Å². The molecule has 2 heterocycles. The van der Waals surface area contributed by atoms with E-state index in [4.69, 9.17) is 0 Å². The number of hydrogen-bond acceptors (Lipinski definition) is 5. The van der Waals surface area contributed by atoms with Crippen molar-refractivity contribution in [2.45, 2.75) is 25.7 Å². The molecule has 7 heteroatoms. The van der Waals surface area contributed by atoms with Crippen molar-refractivity contribution in [2.24, 2.45) is 0 Å². The van der Waals surface area contributed by atoms with Gasteiger partial charge >= 0.3 is 0 Å². The van der Waals surface area contributed by atoms with Gasteiger partial charge in [-0.2, -0.15) is 16.6 Å². The molecule has 1 unspecified atom stereocenters. The molecule has 0 aromatic carbocycles. The van der Waals surface area contributed by atoms with Gasteiger partial charge in [0, 0.05) is 25.9 Å². The van der Waals surface area contributed by atoms with Crippen molar-refractivity contribution in [3.63, 3.8) is 0 Å². The fourth-order valence-corrected chi connectivity index (χ4v) is 2.55. The number of nitrogens with one attached hydrogen (secondary N) is 1. The molecule has 0 spiro atoms. The number of amides is 1. The molecule has 2 rings (SSSR count). The second-order valence-electron chi connectivity index (χ2n) is 4.58. The maximum absolute atomic E-state index is 12.0. The first-order chi connectivity index (χ1) is 9.16. The summed E-state index contributed by atoms with van der Waals surface area (Å²) in [6.07, 6.45) is 1.33. The number of aryl methyl sites for hydroxylation is 1. The maximum atomic E-state index is 12.0. The lowest BCUT2D eigenvalue weighted by atomic mass is 10.1. The van der Waals surface area contributed by atoms with E-state index < -0.39 is 0 Å². The Morgan fingerprint density at radius 2 is 2.42 bits per heavy atom. The molecule has 19 heavy (non-hydrogen) atoms. The molecular formula is C12H17N5OS. The molecule has 0 radical (unpaired) electrons. The Labute approximate surface area is 115 Å². The van der Waals surface area contributed by atoms with Crippen molar-refractivity contribution in [3.8, 4) is 0 Å². The van der Waals surface area contributed by atoms with E-state index in [1.54, 1.807) is 16.2 Å². The van der Waals surface area contributed by atoms with Gasteiger partial charge in [0.2, 0.25) is 5.91 Å². The zero-order valence-electron chi connectivity index (χ0n) is 11.0. The highest BCUT2D eigenvalue weighted by atomic mass is 32.1. The zero-order valence-corrected chi connectivity index (χ0v) is 11.9. The van der Waals surface area contributed by atoms with Crippen molar-refractivity contribution in [1.29, 1.82) is 0 Å². The van der Waals surface area contributed by atoms with Crippen LogP contribution < -0.4 is 0 Å². The van der Waals surface area contributed by atoms with Crippen LogP contribution in [0.15, 0.2) is 16.8 Å². The Kier molecular flexibility index (Phi) is 4.62. The van der Waals surface area contributed by atoms with Gasteiger partial charge in [0.25, 0.3) is 0 Å². The molecule has 0 bridgehead atoms. The number of carbonyl (C=O) groups excluding carboxylic acids is 1. The van der Waals surface area contributed by atoms with Crippen molar-refractivity contribution in [2.75, 3.05) is 13.6 Å². The van der Waals surface area contributed by atoms with Gasteiger partial charge in [-0.15, -0.1) is 10.2 Å². The van der Waals surface area contributed by atoms with Gasteiger partial charge in [-0.3, -0.25) is 4.79 Å². The van der Waals surface area contributed by atoms with Gasteiger partial charge < -0.3 is 4.90 Å². The fraction of sp³-hybridized carbons (Fsp3) is 0.500. The van der Waals surface area contributed by atoms with Crippen LogP contribution in [0.5, 0.6) is 0 Å². The van der Waals surface area contributed by atoms with Crippen LogP contribution >= 0.6 is 11.3 Å². The lowest BCUT2D eigenvalue weighted by Crippen LogP contribution is -2.30. The predicted molar refractivity (Wildman–Crippen MR) is 72.9 cm³/mol. The van der Waals surface area contributed by atoms with E-state index >= 15 is 0 Å². The molecule has 102 valence electrons. The number of aromatic amines is 1. The summed E-state index contributed by atoms with van der Waals surface area (Å²) in [6.45, 7) is 2.58. The molecule has 1 amide bonds. The van der Waals surface area contributed by atoms with Gasteiger partial charge in [0.1, 0.15) is 0 Å². The van der Waals surface area contributed by atoms with Crippen molar-refractivity contribution in [3.05, 3.63) is 28.2 Å². The molecule has 0 aliphatic carbocycles. The van der Waals surface area contributed by atoms with Crippen LogP contribution in [0.1, 0.15) is 30.7 Å². The highest BCUT2D eigenvalue weighted by Crippen LogP contribution is 2.12. The van der Waals surface area contributed by atoms with E-state index in [1.165, 1.54) is 5.56 Å². The average Bonchev–Trinajstić information content (AvgIpc) is 3.08. The summed E-state index contributed by atoms with van der Waals surface area (Å²) in [6, 6.07) is 2.06. The second kappa shape index (κ2) is 6.42. The fourth-order valence-electron chi connectivity index (χ4n) is 1.85. The number of tetrazole rings is 1. The minimum atomic E-state index is 0.0776. The standard InChI is InChI=1S/C12H17N5OS/c1-9(12-13-15-16-14-12)7-17(2)11(18)4-3-10-5-6-19-8-10/h5-6,8-9H,3-4,7H2,1-2H3,(H,13,14,15,16). The first-order valence-electron chi connectivity index (χ1n) is 6.15. The first-order valence-corrected chi connectivity index (χ1v) is 7.09. The van der Waals surface area contributed by atoms with Crippen molar-refractivity contribution >= 4 is 17.2 Å². The molecule has 6 nitrogen and oxygen atoms in total. The lowest BCUT2D eigenvalue weighted by molar-refractivity contribution is -0.130. The lowest BCUT2D eigenvalue weighted by Gasteiger charge is -2.19. The highest BCUT2D eigenvalue weighted by Gasteiger charge is 2.16. The first kappa shape index (κ1) is 13.7. The smallest absolute Gasteiger partial charge is 0.222 e. The summed E-state index contributed by atoms with van der Waals surface area (Å²) < 4.78 is 0. The quantitative estimate of drug-likeness (QED) is 0.868. The minimum absolute atomic E-state index is 0.0776. The number of rotatable bonds is 6. The number of nitrogens with zero attached hydrogens (tertiary/aromatic N) is 4. The Balaban J connectivity index is 1.79. The summed E-state index contributed by atoms with van der Waals surface area (Å²) in [4.78, 5) is 13.7. The molecule has 0 aliphatic heterocycles. The number of aromatic nitrogens is 4. The molecule has 0 aliphatic rings. The summed E-state index contributed by atoms with van der Waals surface area (Å²) >= 11 is 1.66. The van der Waals surface area contributed by atoms with Crippen molar-refractivity contribution in [1.82, 2.24) is 25.5 Å². The van der Waals surface area contributed by atoms with Gasteiger partial charge in [0.05, 0.1) is 0 Å². The van der Waals surface area contributed by atoms with E-state index in [2.05, 4.69) is 32.1 Å². The van der Waals surface area contributed by atoms with Crippen LogP contribution in [-0.2, 0) is 11.2 Å². The average molecular weight is 279 g/mol. The SMILES string of the molecule is CC(CN(C)C(=O)CCc1ccsc1)c1nn[nH]n1. The van der Waals surface area contributed by atoms with Crippen LogP contribution in [0.4, 0.5) is 0 Å². The molecule has 1 atom stereocenters. The topological polar surface area (TPSA) is 74.8 Å². The summed E-state index contributed by atoms with van der Waals surface area (Å²) in [5.41, 5.74) is 1.22. The van der Waals surface area contributed by atoms with Crippen molar-refractivity contribution < 1.29 is 4.79 Å². The van der Waals surface area contributed by atoms with E-state index in [9.17, 15) is 4.79 Å². The second-order valence-corrected chi connectivity index (χ2v) is 5.36. The molecule has 0 saturated heterocycles. The molecule has 1 N–H and O–H groups in total. The molecule has 2 aromatic heterocycles. The van der Waals surface area contributed by atoms with E-state index in [-0.39, 0.29) is 11.8 Å².